The largest absolute Gasteiger partial charge is 0.481 e. The molecule has 0 saturated carbocycles. The number of aliphatic hydroxyl groups excluding tert-OH is 2. The highest BCUT2D eigenvalue weighted by Crippen LogP contribution is 2.60. The molecule has 17 heteroatoms. The minimum Gasteiger partial charge on any atom is -0.387 e. The van der Waals surface area contributed by atoms with E-state index >= 15 is 0 Å². The van der Waals surface area contributed by atoms with E-state index in [-0.39, 0.29) is 12.4 Å². The second kappa shape index (κ2) is 9.73. The predicted molar refractivity (Wildman–Crippen MR) is 104 cm³/mol. The van der Waals surface area contributed by atoms with Gasteiger partial charge in [-0.05, 0) is 6.07 Å². The molecule has 15 nitrogen and oxygen atoms in total. The third-order valence-electron chi connectivity index (χ3n) is 4.09. The van der Waals surface area contributed by atoms with Crippen molar-refractivity contribution in [2.45, 2.75) is 24.5 Å². The number of phosphoric ester groups is 2. The molecule has 6 N–H and O–H groups in total. The highest BCUT2D eigenvalue weighted by molar-refractivity contribution is 7.61. The van der Waals surface area contributed by atoms with Crippen molar-refractivity contribution < 1.29 is 51.7 Å². The number of likely N-dealkylation sites (N-methyl/N-ethyl adjacent to an activating group) is 1. The highest BCUT2D eigenvalue weighted by atomic mass is 31.3. The lowest BCUT2D eigenvalue weighted by atomic mass is 10.1. The van der Waals surface area contributed by atoms with Crippen LogP contribution in [-0.4, -0.2) is 93.2 Å². The molecular weight excluding hydrogens is 462 g/mol. The van der Waals surface area contributed by atoms with Crippen molar-refractivity contribution in [1.29, 1.82) is 0 Å². The molecule has 1 saturated heterocycles. The summed E-state index contributed by atoms with van der Waals surface area (Å²) in [6, 6.07) is 1.26. The van der Waals surface area contributed by atoms with Gasteiger partial charge in [0.2, 0.25) is 0 Å². The Hall–Kier alpha value is -1.22. The van der Waals surface area contributed by atoms with Crippen LogP contribution in [0.2, 0.25) is 0 Å². The SMILES string of the molecule is C[N+](C)(C)CCOP(=O)(O)OP(=O)(O)OC[C@@H]1O[C@@H](n2ccc(N)nc2=O)[C@@H](O)[C@H]1O. The Bertz CT molecular complexity index is 920. The maximum atomic E-state index is 12.0. The number of nitrogens with zero attached hydrogens (tertiary/aromatic N) is 3. The van der Waals surface area contributed by atoms with Gasteiger partial charge in [-0.25, -0.2) is 13.9 Å². The van der Waals surface area contributed by atoms with E-state index in [1.165, 1.54) is 12.3 Å². The first kappa shape index (κ1) is 26.0. The second-order valence-electron chi connectivity index (χ2n) is 7.75. The molecule has 178 valence electrons. The van der Waals surface area contributed by atoms with Crippen LogP contribution in [0.25, 0.3) is 0 Å². The van der Waals surface area contributed by atoms with Crippen molar-refractivity contribution in [3.05, 3.63) is 22.7 Å². The van der Waals surface area contributed by atoms with Gasteiger partial charge in [-0.3, -0.25) is 13.6 Å². The fraction of sp³-hybridized carbons (Fsp3) is 0.714. The molecule has 0 radical (unpaired) electrons. The fourth-order valence-electron chi connectivity index (χ4n) is 2.49. The van der Waals surface area contributed by atoms with Crippen molar-refractivity contribution in [1.82, 2.24) is 9.55 Å². The Morgan fingerprint density at radius 1 is 1.19 bits per heavy atom. The molecular formula is C14H27N4O11P2+. The highest BCUT2D eigenvalue weighted by Gasteiger charge is 2.46. The summed E-state index contributed by atoms with van der Waals surface area (Å²) in [5.74, 6) is -0.0652. The number of phosphoric acid groups is 2. The normalized spacial score (nSPS) is 28.2. The summed E-state index contributed by atoms with van der Waals surface area (Å²) in [5, 5.41) is 20.2. The summed E-state index contributed by atoms with van der Waals surface area (Å²) in [6.07, 6.45) is -4.82. The van der Waals surface area contributed by atoms with E-state index in [4.69, 9.17) is 10.5 Å². The van der Waals surface area contributed by atoms with Gasteiger partial charge in [0.25, 0.3) is 0 Å². The van der Waals surface area contributed by atoms with Crippen LogP contribution in [0.3, 0.4) is 0 Å². The standard InChI is InChI=1S/C14H26N4O11P2/c1-18(2,3)6-7-26-30(22,23)29-31(24,25)27-8-9-11(19)12(20)13(28-9)17-5-4-10(15)16-14(17)21/h4-5,9,11-13,19-20H,6-8H2,1-3H3,(H3-,15,16,21,22,23,24,25)/p+1/t9-,11-,12-,13+/m0/s1. The smallest absolute Gasteiger partial charge is 0.387 e. The van der Waals surface area contributed by atoms with E-state index in [2.05, 4.69) is 18.3 Å². The lowest BCUT2D eigenvalue weighted by Crippen LogP contribution is -2.37. The van der Waals surface area contributed by atoms with Gasteiger partial charge in [0, 0.05) is 6.20 Å². The molecule has 1 aliphatic heterocycles. The minimum absolute atomic E-state index is 0.0652. The second-order valence-corrected chi connectivity index (χ2v) is 10.8. The Labute approximate surface area is 177 Å². The van der Waals surface area contributed by atoms with Gasteiger partial charge >= 0.3 is 21.3 Å². The number of hydrogen-bond acceptors (Lipinski definition) is 11. The van der Waals surface area contributed by atoms with Crippen LogP contribution in [0, 0.1) is 0 Å². The molecule has 1 fully saturated rings. The number of quaternary nitrogens is 1. The van der Waals surface area contributed by atoms with Crippen LogP contribution < -0.4 is 11.4 Å². The van der Waals surface area contributed by atoms with Gasteiger partial charge < -0.3 is 35.0 Å². The van der Waals surface area contributed by atoms with Crippen molar-refractivity contribution in [3.63, 3.8) is 0 Å². The lowest BCUT2D eigenvalue weighted by molar-refractivity contribution is -0.870. The summed E-state index contributed by atoms with van der Waals surface area (Å²) in [6.45, 7) is -0.746. The first-order valence-corrected chi connectivity index (χ1v) is 11.9. The van der Waals surface area contributed by atoms with Crippen LogP contribution in [0.5, 0.6) is 0 Å². The number of aliphatic hydroxyl groups is 2. The van der Waals surface area contributed by atoms with Crippen molar-refractivity contribution >= 4 is 21.5 Å². The first-order chi connectivity index (χ1) is 14.1. The molecule has 1 aromatic rings. The van der Waals surface area contributed by atoms with Crippen LogP contribution in [0.15, 0.2) is 17.1 Å². The minimum atomic E-state index is -5.11. The van der Waals surface area contributed by atoms with Crippen LogP contribution in [-0.2, 0) is 27.2 Å². The number of anilines is 1. The zero-order valence-electron chi connectivity index (χ0n) is 17.0. The summed E-state index contributed by atoms with van der Waals surface area (Å²) in [4.78, 5) is 34.7. The molecule has 2 heterocycles. The van der Waals surface area contributed by atoms with Crippen molar-refractivity contribution in [3.8, 4) is 0 Å². The maximum absolute atomic E-state index is 12.0. The molecule has 0 aliphatic carbocycles. The molecule has 2 unspecified atom stereocenters. The Morgan fingerprint density at radius 3 is 2.39 bits per heavy atom. The van der Waals surface area contributed by atoms with E-state index in [9.17, 15) is 33.9 Å². The molecule has 6 atom stereocenters. The third-order valence-corrected chi connectivity index (χ3v) is 6.72. The third kappa shape index (κ3) is 7.70. The zero-order chi connectivity index (χ0) is 23.6. The molecule has 2 rings (SSSR count). The van der Waals surface area contributed by atoms with Crippen LogP contribution in [0.1, 0.15) is 6.23 Å². The predicted octanol–water partition coefficient (Wildman–Crippen LogP) is -1.60. The average molecular weight is 489 g/mol. The number of nitrogens with two attached hydrogens (primary N) is 1. The molecule has 31 heavy (non-hydrogen) atoms. The quantitative estimate of drug-likeness (QED) is 0.185. The Morgan fingerprint density at radius 2 is 1.81 bits per heavy atom. The summed E-state index contributed by atoms with van der Waals surface area (Å²) < 4.78 is 43.9. The maximum Gasteiger partial charge on any atom is 0.481 e. The van der Waals surface area contributed by atoms with E-state index in [1.807, 2.05) is 0 Å². The summed E-state index contributed by atoms with van der Waals surface area (Å²) >= 11 is 0. The van der Waals surface area contributed by atoms with E-state index in [0.29, 0.717) is 11.0 Å². The zero-order valence-corrected chi connectivity index (χ0v) is 18.8. The lowest BCUT2D eigenvalue weighted by Gasteiger charge is -2.24. The van der Waals surface area contributed by atoms with Crippen molar-refractivity contribution in [2.75, 3.05) is 46.6 Å². The molecule has 0 spiro atoms. The average Bonchev–Trinajstić information content (AvgIpc) is 2.86. The molecule has 1 aromatic heterocycles. The summed E-state index contributed by atoms with van der Waals surface area (Å²) in [5.41, 5.74) is 4.53. The van der Waals surface area contributed by atoms with Crippen LogP contribution >= 0.6 is 15.6 Å². The monoisotopic (exact) mass is 489 g/mol. The van der Waals surface area contributed by atoms with Gasteiger partial charge in [0.05, 0.1) is 27.7 Å². The number of aromatic nitrogens is 2. The van der Waals surface area contributed by atoms with Gasteiger partial charge in [-0.15, -0.1) is 0 Å². The molecule has 0 aromatic carbocycles. The van der Waals surface area contributed by atoms with Gasteiger partial charge in [0.1, 0.15) is 37.3 Å². The van der Waals surface area contributed by atoms with Gasteiger partial charge in [-0.2, -0.15) is 9.29 Å². The van der Waals surface area contributed by atoms with E-state index in [0.717, 1.165) is 4.57 Å². The number of nitrogen functional groups attached to an aromatic ring is 1. The molecule has 0 amide bonds. The topological polar surface area (TPSA) is 213 Å². The molecule has 1 aliphatic rings. The summed E-state index contributed by atoms with van der Waals surface area (Å²) in [7, 11) is -4.64. The Balaban J connectivity index is 1.96. The fourth-order valence-corrected chi connectivity index (χ4v) is 4.56. The van der Waals surface area contributed by atoms with Crippen molar-refractivity contribution in [2.24, 2.45) is 0 Å². The number of rotatable bonds is 10. The Kier molecular flexibility index (Phi) is 8.17. The number of ether oxygens (including phenoxy) is 1. The van der Waals surface area contributed by atoms with Gasteiger partial charge in [-0.1, -0.05) is 0 Å². The number of hydrogen-bond donors (Lipinski definition) is 5. The molecule has 0 bridgehead atoms. The van der Waals surface area contributed by atoms with E-state index in [1.54, 1.807) is 21.1 Å². The van der Waals surface area contributed by atoms with Crippen LogP contribution in [0.4, 0.5) is 5.82 Å². The van der Waals surface area contributed by atoms with Gasteiger partial charge in [0.15, 0.2) is 6.23 Å². The van der Waals surface area contributed by atoms with E-state index < -0.39 is 52.5 Å². The first-order valence-electron chi connectivity index (χ1n) is 8.93.